The first-order valence-corrected chi connectivity index (χ1v) is 5.64. The molecule has 0 unspecified atom stereocenters. The zero-order chi connectivity index (χ0) is 11.9. The van der Waals surface area contributed by atoms with Crippen LogP contribution in [0, 0.1) is 5.82 Å². The minimum absolute atomic E-state index is 0.258. The van der Waals surface area contributed by atoms with E-state index < -0.39 is 11.4 Å². The molecule has 1 amide bonds. The Morgan fingerprint density at radius 3 is 2.62 bits per heavy atom. The van der Waals surface area contributed by atoms with E-state index in [1.54, 1.807) is 13.0 Å². The van der Waals surface area contributed by atoms with Crippen LogP contribution in [0.5, 0.6) is 0 Å². The Bertz CT molecular complexity index is 419. The van der Waals surface area contributed by atoms with Gasteiger partial charge in [-0.25, -0.2) is 4.39 Å². The Morgan fingerprint density at radius 2 is 2.12 bits per heavy atom. The molecule has 1 aliphatic heterocycles. The third kappa shape index (κ3) is 2.25. The number of halogens is 2. The Balaban J connectivity index is 2.16. The van der Waals surface area contributed by atoms with E-state index in [-0.39, 0.29) is 5.91 Å². The van der Waals surface area contributed by atoms with E-state index in [2.05, 4.69) is 15.9 Å². The van der Waals surface area contributed by atoms with Crippen LogP contribution in [0.25, 0.3) is 0 Å². The van der Waals surface area contributed by atoms with Gasteiger partial charge in [0.15, 0.2) is 0 Å². The van der Waals surface area contributed by atoms with Gasteiger partial charge in [0, 0.05) is 10.0 Å². The number of amides is 1. The zero-order valence-electron chi connectivity index (χ0n) is 8.70. The third-order valence-electron chi connectivity index (χ3n) is 2.46. The summed E-state index contributed by atoms with van der Waals surface area (Å²) in [7, 11) is 0. The first-order valence-electron chi connectivity index (χ1n) is 4.85. The summed E-state index contributed by atoms with van der Waals surface area (Å²) in [5.41, 5.74) is -0.511. The van der Waals surface area contributed by atoms with Crippen molar-refractivity contribution in [1.29, 1.82) is 0 Å². The van der Waals surface area contributed by atoms with Gasteiger partial charge in [-0.2, -0.15) is 0 Å². The Labute approximate surface area is 101 Å². The molecule has 1 N–H and O–H groups in total. The minimum Gasteiger partial charge on any atom is -0.386 e. The molecule has 0 aromatic heterocycles. The monoisotopic (exact) mass is 287 g/mol. The summed E-state index contributed by atoms with van der Waals surface area (Å²) >= 11 is 3.13. The summed E-state index contributed by atoms with van der Waals surface area (Å²) in [6.45, 7) is 2.25. The van der Waals surface area contributed by atoms with E-state index >= 15 is 0 Å². The number of nitrogens with zero attached hydrogens (tertiary/aromatic N) is 1. The van der Waals surface area contributed by atoms with Crippen molar-refractivity contribution in [1.82, 2.24) is 4.90 Å². The highest BCUT2D eigenvalue weighted by Crippen LogP contribution is 2.23. The van der Waals surface area contributed by atoms with E-state index in [4.69, 9.17) is 0 Å². The molecule has 0 bridgehead atoms. The maximum atomic E-state index is 13.1. The first kappa shape index (κ1) is 11.5. The SMILES string of the molecule is CC1(O)CN(C(=O)c2cc(F)cc(Br)c2)C1. The summed E-state index contributed by atoms with van der Waals surface area (Å²) in [4.78, 5) is 13.3. The lowest BCUT2D eigenvalue weighted by Gasteiger charge is -2.44. The molecule has 5 heteroatoms. The normalized spacial score (nSPS) is 18.1. The van der Waals surface area contributed by atoms with E-state index in [1.807, 2.05) is 0 Å². The zero-order valence-corrected chi connectivity index (χ0v) is 10.3. The summed E-state index contributed by atoms with van der Waals surface area (Å²) in [6, 6.07) is 4.06. The van der Waals surface area contributed by atoms with Crippen molar-refractivity contribution in [2.45, 2.75) is 12.5 Å². The average Bonchev–Trinajstić information content (AvgIpc) is 2.11. The van der Waals surface area contributed by atoms with Gasteiger partial charge in [0.1, 0.15) is 5.82 Å². The van der Waals surface area contributed by atoms with Crippen LogP contribution in [-0.4, -0.2) is 34.6 Å². The summed E-state index contributed by atoms with van der Waals surface area (Å²) in [5, 5.41) is 9.51. The van der Waals surface area contributed by atoms with Crippen molar-refractivity contribution >= 4 is 21.8 Å². The molecular weight excluding hydrogens is 277 g/mol. The van der Waals surface area contributed by atoms with E-state index in [0.29, 0.717) is 23.1 Å². The molecule has 2 rings (SSSR count). The van der Waals surface area contributed by atoms with Crippen molar-refractivity contribution in [2.75, 3.05) is 13.1 Å². The van der Waals surface area contributed by atoms with Crippen molar-refractivity contribution in [2.24, 2.45) is 0 Å². The molecule has 1 aromatic rings. The summed E-state index contributed by atoms with van der Waals surface area (Å²) in [5.74, 6) is -0.711. The van der Waals surface area contributed by atoms with Crippen molar-refractivity contribution < 1.29 is 14.3 Å². The van der Waals surface area contributed by atoms with Crippen LogP contribution in [0.1, 0.15) is 17.3 Å². The van der Waals surface area contributed by atoms with Crippen LogP contribution in [0.4, 0.5) is 4.39 Å². The Kier molecular flexibility index (Phi) is 2.75. The number of hydrogen-bond donors (Lipinski definition) is 1. The molecule has 0 spiro atoms. The quantitative estimate of drug-likeness (QED) is 0.856. The van der Waals surface area contributed by atoms with Gasteiger partial charge < -0.3 is 10.0 Å². The van der Waals surface area contributed by atoms with Crippen LogP contribution in [0.2, 0.25) is 0 Å². The standard InChI is InChI=1S/C11H11BrFNO2/c1-11(16)5-14(6-11)10(15)7-2-8(12)4-9(13)3-7/h2-4,16H,5-6H2,1H3. The molecule has 0 atom stereocenters. The predicted octanol–water partition coefficient (Wildman–Crippen LogP) is 1.80. The molecule has 1 fully saturated rings. The van der Waals surface area contributed by atoms with Crippen molar-refractivity contribution in [3.05, 3.63) is 34.1 Å². The van der Waals surface area contributed by atoms with Crippen molar-refractivity contribution in [3.8, 4) is 0 Å². The Hall–Kier alpha value is -0.940. The Morgan fingerprint density at radius 1 is 1.50 bits per heavy atom. The summed E-state index contributed by atoms with van der Waals surface area (Å²) < 4.78 is 13.6. The molecule has 3 nitrogen and oxygen atoms in total. The second kappa shape index (κ2) is 3.82. The molecule has 1 aromatic carbocycles. The van der Waals surface area contributed by atoms with Gasteiger partial charge in [-0.05, 0) is 25.1 Å². The van der Waals surface area contributed by atoms with Crippen LogP contribution in [-0.2, 0) is 0 Å². The lowest BCUT2D eigenvalue weighted by atomic mass is 9.96. The molecule has 1 heterocycles. The molecule has 0 aliphatic carbocycles. The second-order valence-electron chi connectivity index (χ2n) is 4.32. The van der Waals surface area contributed by atoms with E-state index in [9.17, 15) is 14.3 Å². The molecule has 16 heavy (non-hydrogen) atoms. The minimum atomic E-state index is -0.805. The maximum Gasteiger partial charge on any atom is 0.254 e. The van der Waals surface area contributed by atoms with Crippen LogP contribution >= 0.6 is 15.9 Å². The van der Waals surface area contributed by atoms with Gasteiger partial charge >= 0.3 is 0 Å². The number of likely N-dealkylation sites (tertiary alicyclic amines) is 1. The van der Waals surface area contributed by atoms with Crippen molar-refractivity contribution in [3.63, 3.8) is 0 Å². The van der Waals surface area contributed by atoms with Gasteiger partial charge in [-0.1, -0.05) is 15.9 Å². The maximum absolute atomic E-state index is 13.1. The fourth-order valence-electron chi connectivity index (χ4n) is 1.78. The average molecular weight is 288 g/mol. The third-order valence-corrected chi connectivity index (χ3v) is 2.92. The van der Waals surface area contributed by atoms with Gasteiger partial charge in [0.25, 0.3) is 5.91 Å². The highest BCUT2D eigenvalue weighted by Gasteiger charge is 2.39. The second-order valence-corrected chi connectivity index (χ2v) is 5.23. The van der Waals surface area contributed by atoms with Crippen LogP contribution in [0.15, 0.2) is 22.7 Å². The molecule has 1 aliphatic rings. The van der Waals surface area contributed by atoms with Crippen LogP contribution < -0.4 is 0 Å². The van der Waals surface area contributed by atoms with Gasteiger partial charge in [0.05, 0.1) is 18.7 Å². The molecule has 0 saturated carbocycles. The molecular formula is C11H11BrFNO2. The summed E-state index contributed by atoms with van der Waals surface area (Å²) in [6.07, 6.45) is 0. The van der Waals surface area contributed by atoms with E-state index in [1.165, 1.54) is 17.0 Å². The smallest absolute Gasteiger partial charge is 0.254 e. The highest BCUT2D eigenvalue weighted by atomic mass is 79.9. The van der Waals surface area contributed by atoms with E-state index in [0.717, 1.165) is 0 Å². The fourth-order valence-corrected chi connectivity index (χ4v) is 2.24. The first-order chi connectivity index (χ1) is 7.37. The number of aliphatic hydroxyl groups is 1. The lowest BCUT2D eigenvalue weighted by molar-refractivity contribution is -0.0668. The molecule has 0 radical (unpaired) electrons. The number of carbonyl (C=O) groups is 1. The molecule has 86 valence electrons. The fraction of sp³-hybridized carbons (Fsp3) is 0.364. The lowest BCUT2D eigenvalue weighted by Crippen LogP contribution is -2.61. The highest BCUT2D eigenvalue weighted by molar-refractivity contribution is 9.10. The van der Waals surface area contributed by atoms with Gasteiger partial charge in [-0.15, -0.1) is 0 Å². The van der Waals surface area contributed by atoms with Crippen LogP contribution in [0.3, 0.4) is 0 Å². The number of hydrogen-bond acceptors (Lipinski definition) is 2. The molecule has 1 saturated heterocycles. The number of rotatable bonds is 1. The number of benzene rings is 1. The van der Waals surface area contributed by atoms with Gasteiger partial charge in [-0.3, -0.25) is 4.79 Å². The van der Waals surface area contributed by atoms with Gasteiger partial charge in [0.2, 0.25) is 0 Å². The number of carbonyl (C=O) groups excluding carboxylic acids is 1. The topological polar surface area (TPSA) is 40.5 Å². The predicted molar refractivity (Wildman–Crippen MR) is 60.6 cm³/mol. The number of β-amino-alcohol motifs (C(OH)–C–C–N with tert-alkyl or cyclic N) is 1. The largest absolute Gasteiger partial charge is 0.386 e.